The summed E-state index contributed by atoms with van der Waals surface area (Å²) in [6.45, 7) is 10.1. The monoisotopic (exact) mass is 475 g/mol. The summed E-state index contributed by atoms with van der Waals surface area (Å²) in [6, 6.07) is 13.7. The molecule has 184 valence electrons. The van der Waals surface area contributed by atoms with Crippen LogP contribution in [-0.2, 0) is 11.8 Å². The lowest BCUT2D eigenvalue weighted by atomic mass is 9.45. The first-order chi connectivity index (χ1) is 16.6. The van der Waals surface area contributed by atoms with Crippen LogP contribution in [0.4, 0.5) is 0 Å². The van der Waals surface area contributed by atoms with Gasteiger partial charge < -0.3 is 18.8 Å². The minimum absolute atomic E-state index is 0.00914. The van der Waals surface area contributed by atoms with Crippen LogP contribution in [0, 0.1) is 17.8 Å². The molecule has 1 aliphatic carbocycles. The van der Waals surface area contributed by atoms with E-state index in [1.54, 1.807) is 11.7 Å². The molecule has 0 radical (unpaired) electrons. The molecule has 0 bridgehead atoms. The normalized spacial score (nSPS) is 24.2. The minimum atomic E-state index is -0.441. The molecule has 1 saturated carbocycles. The SMILES string of the molecule is COc1ccc([C@H]2[C@H]3c4c(c5ccccc5n(C)c4=O)OC(C)(C)[C@H]3[C@@H]2C(C)C)cc1OC(C)=O. The molecule has 5 rings (SSSR count). The maximum Gasteiger partial charge on any atom is 0.308 e. The second kappa shape index (κ2) is 8.14. The van der Waals surface area contributed by atoms with E-state index in [0.717, 1.165) is 22.0 Å². The van der Waals surface area contributed by atoms with Gasteiger partial charge in [0.15, 0.2) is 11.5 Å². The number of ether oxygens (including phenoxy) is 3. The predicted molar refractivity (Wildman–Crippen MR) is 135 cm³/mol. The molecule has 1 aliphatic heterocycles. The van der Waals surface area contributed by atoms with Crippen LogP contribution in [0.3, 0.4) is 0 Å². The Kier molecular flexibility index (Phi) is 5.46. The summed E-state index contributed by atoms with van der Waals surface area (Å²) in [5.74, 6) is 2.12. The summed E-state index contributed by atoms with van der Waals surface area (Å²) >= 11 is 0. The van der Waals surface area contributed by atoms with Gasteiger partial charge in [-0.3, -0.25) is 9.59 Å². The lowest BCUT2D eigenvalue weighted by molar-refractivity contribution is -0.132. The number of para-hydroxylation sites is 1. The third-order valence-electron chi connectivity index (χ3n) is 7.99. The van der Waals surface area contributed by atoms with E-state index in [1.807, 2.05) is 49.5 Å². The van der Waals surface area contributed by atoms with E-state index in [9.17, 15) is 9.59 Å². The molecule has 6 nitrogen and oxygen atoms in total. The van der Waals surface area contributed by atoms with Crippen molar-refractivity contribution >= 4 is 16.9 Å². The van der Waals surface area contributed by atoms with Gasteiger partial charge in [0.2, 0.25) is 0 Å². The Morgan fingerprint density at radius 1 is 1.09 bits per heavy atom. The second-order valence-electron chi connectivity index (χ2n) is 10.7. The van der Waals surface area contributed by atoms with Crippen molar-refractivity contribution in [2.24, 2.45) is 24.8 Å². The van der Waals surface area contributed by atoms with Crippen LogP contribution in [0.25, 0.3) is 10.9 Å². The molecule has 2 heterocycles. The van der Waals surface area contributed by atoms with Crippen molar-refractivity contribution in [1.82, 2.24) is 4.57 Å². The fraction of sp³-hybridized carbons (Fsp3) is 0.448. The molecule has 0 amide bonds. The van der Waals surface area contributed by atoms with Crippen LogP contribution in [0.1, 0.15) is 57.6 Å². The smallest absolute Gasteiger partial charge is 0.308 e. The van der Waals surface area contributed by atoms with Gasteiger partial charge in [-0.25, -0.2) is 0 Å². The fourth-order valence-electron chi connectivity index (χ4n) is 6.65. The van der Waals surface area contributed by atoms with Crippen LogP contribution in [0.5, 0.6) is 17.2 Å². The number of methoxy groups -OCH3 is 1. The first-order valence-corrected chi connectivity index (χ1v) is 12.2. The van der Waals surface area contributed by atoms with Crippen molar-refractivity contribution in [3.63, 3.8) is 0 Å². The number of hydrogen-bond donors (Lipinski definition) is 0. The van der Waals surface area contributed by atoms with E-state index in [-0.39, 0.29) is 29.2 Å². The number of fused-ring (bicyclic) bond motifs is 5. The molecule has 2 aliphatic rings. The quantitative estimate of drug-likeness (QED) is 0.373. The summed E-state index contributed by atoms with van der Waals surface area (Å²) in [7, 11) is 3.39. The number of carbonyl (C=O) groups excluding carboxylic acids is 1. The third-order valence-corrected chi connectivity index (χ3v) is 7.99. The molecule has 1 fully saturated rings. The van der Waals surface area contributed by atoms with Crippen LogP contribution >= 0.6 is 0 Å². The fourth-order valence-corrected chi connectivity index (χ4v) is 6.65. The van der Waals surface area contributed by atoms with Gasteiger partial charge in [-0.15, -0.1) is 0 Å². The summed E-state index contributed by atoms with van der Waals surface area (Å²) in [6.07, 6.45) is 0. The van der Waals surface area contributed by atoms with E-state index in [4.69, 9.17) is 14.2 Å². The van der Waals surface area contributed by atoms with Crippen LogP contribution in [0.2, 0.25) is 0 Å². The van der Waals surface area contributed by atoms with Gasteiger partial charge in [0.05, 0.1) is 18.2 Å². The molecule has 0 N–H and O–H groups in total. The molecular weight excluding hydrogens is 442 g/mol. The number of aromatic nitrogens is 1. The van der Waals surface area contributed by atoms with E-state index >= 15 is 0 Å². The molecule has 0 unspecified atom stereocenters. The Morgan fingerprint density at radius 2 is 1.80 bits per heavy atom. The topological polar surface area (TPSA) is 66.8 Å². The zero-order valence-electron chi connectivity index (χ0n) is 21.4. The van der Waals surface area contributed by atoms with E-state index in [1.165, 1.54) is 6.92 Å². The minimum Gasteiger partial charge on any atom is -0.493 e. The largest absolute Gasteiger partial charge is 0.493 e. The van der Waals surface area contributed by atoms with Gasteiger partial charge in [0.25, 0.3) is 5.56 Å². The van der Waals surface area contributed by atoms with E-state index in [0.29, 0.717) is 23.2 Å². The lowest BCUT2D eigenvalue weighted by Crippen LogP contribution is -2.61. The first-order valence-electron chi connectivity index (χ1n) is 12.2. The number of esters is 1. The summed E-state index contributed by atoms with van der Waals surface area (Å²) in [5.41, 5.74) is 2.21. The number of nitrogens with zero attached hydrogens (tertiary/aromatic N) is 1. The Labute approximate surface area is 205 Å². The average Bonchev–Trinajstić information content (AvgIpc) is 2.77. The molecule has 1 aromatic heterocycles. The number of pyridine rings is 1. The molecule has 0 saturated heterocycles. The van der Waals surface area contributed by atoms with Crippen molar-refractivity contribution in [2.75, 3.05) is 7.11 Å². The Morgan fingerprint density at radius 3 is 2.46 bits per heavy atom. The van der Waals surface area contributed by atoms with Crippen molar-refractivity contribution in [2.45, 2.75) is 52.1 Å². The number of hydrogen-bond acceptors (Lipinski definition) is 5. The summed E-state index contributed by atoms with van der Waals surface area (Å²) in [5, 5.41) is 0.957. The molecular formula is C29H33NO5. The van der Waals surface area contributed by atoms with E-state index < -0.39 is 11.6 Å². The molecule has 35 heavy (non-hydrogen) atoms. The molecule has 6 heteroatoms. The third kappa shape index (κ3) is 3.45. The van der Waals surface area contributed by atoms with Gasteiger partial charge in [-0.05, 0) is 61.4 Å². The Balaban J connectivity index is 1.75. The van der Waals surface area contributed by atoms with Gasteiger partial charge >= 0.3 is 5.97 Å². The van der Waals surface area contributed by atoms with E-state index in [2.05, 4.69) is 27.7 Å². The van der Waals surface area contributed by atoms with Gasteiger partial charge in [0, 0.05) is 31.2 Å². The molecule has 4 atom stereocenters. The standard InChI is InChI=1S/C29H33NO5/c1-15(2)22-23(17-12-13-20(33-7)21(14-17)34-16(3)31)24-25-27(35-29(4,5)26(22)24)18-10-8-9-11-19(18)30(6)28(25)32/h8-15,22-24,26H,1-7H3/t22-,23-,24+,26+/m1/s1. The molecule has 2 aromatic carbocycles. The van der Waals surface area contributed by atoms with Crippen molar-refractivity contribution in [3.8, 4) is 17.2 Å². The highest BCUT2D eigenvalue weighted by molar-refractivity contribution is 5.87. The first kappa shape index (κ1) is 23.5. The van der Waals surface area contributed by atoms with Crippen LogP contribution < -0.4 is 19.8 Å². The molecule has 0 spiro atoms. The lowest BCUT2D eigenvalue weighted by Gasteiger charge is -2.62. The molecule has 3 aromatic rings. The van der Waals surface area contributed by atoms with Crippen molar-refractivity contribution in [3.05, 3.63) is 63.9 Å². The number of carbonyl (C=O) groups is 1. The number of aryl methyl sites for hydroxylation is 1. The second-order valence-corrected chi connectivity index (χ2v) is 10.7. The zero-order chi connectivity index (χ0) is 25.2. The average molecular weight is 476 g/mol. The van der Waals surface area contributed by atoms with Crippen LogP contribution in [0.15, 0.2) is 47.3 Å². The maximum absolute atomic E-state index is 13.8. The highest BCUT2D eigenvalue weighted by Gasteiger charge is 2.62. The Hall–Kier alpha value is -3.28. The zero-order valence-corrected chi connectivity index (χ0v) is 21.4. The van der Waals surface area contributed by atoms with Crippen molar-refractivity contribution < 1.29 is 19.0 Å². The predicted octanol–water partition coefficient (Wildman–Crippen LogP) is 5.41. The van der Waals surface area contributed by atoms with Gasteiger partial charge in [0.1, 0.15) is 11.4 Å². The maximum atomic E-state index is 13.8. The summed E-state index contributed by atoms with van der Waals surface area (Å²) < 4.78 is 19.3. The highest BCUT2D eigenvalue weighted by Crippen LogP contribution is 2.67. The number of rotatable bonds is 4. The highest BCUT2D eigenvalue weighted by atomic mass is 16.6. The van der Waals surface area contributed by atoms with Gasteiger partial charge in [-0.2, -0.15) is 0 Å². The number of benzene rings is 2. The van der Waals surface area contributed by atoms with Gasteiger partial charge in [-0.1, -0.05) is 32.0 Å². The Bertz CT molecular complexity index is 1390. The van der Waals surface area contributed by atoms with Crippen LogP contribution in [-0.4, -0.2) is 23.2 Å². The van der Waals surface area contributed by atoms with Crippen molar-refractivity contribution in [1.29, 1.82) is 0 Å². The summed E-state index contributed by atoms with van der Waals surface area (Å²) in [4.78, 5) is 25.6.